The van der Waals surface area contributed by atoms with Crippen LogP contribution in [0.25, 0.3) is 0 Å². The maximum Gasteiger partial charge on any atom is 0.250 e. The molecule has 7 nitrogen and oxygen atoms in total. The van der Waals surface area contributed by atoms with Gasteiger partial charge in [-0.15, -0.1) is 0 Å². The molecule has 0 spiro atoms. The van der Waals surface area contributed by atoms with Gasteiger partial charge in [-0.05, 0) is 87.4 Å². The summed E-state index contributed by atoms with van der Waals surface area (Å²) in [6.45, 7) is 8.53. The zero-order valence-electron chi connectivity index (χ0n) is 20.2. The van der Waals surface area contributed by atoms with Crippen LogP contribution in [0.3, 0.4) is 0 Å². The highest BCUT2D eigenvalue weighted by atomic mass is 32.1. The van der Waals surface area contributed by atoms with Gasteiger partial charge in [0.05, 0.1) is 17.8 Å². The number of methoxy groups -OCH3 is 1. The van der Waals surface area contributed by atoms with Crippen molar-refractivity contribution in [2.24, 2.45) is 0 Å². The number of ether oxygens (including phenoxy) is 1. The van der Waals surface area contributed by atoms with E-state index in [4.69, 9.17) is 17.0 Å². The number of pyridine rings is 1. The molecule has 1 aromatic carbocycles. The molecule has 178 valence electrons. The Kier molecular flexibility index (Phi) is 6.72. The van der Waals surface area contributed by atoms with Crippen molar-refractivity contribution in [1.82, 2.24) is 14.9 Å². The van der Waals surface area contributed by atoms with Crippen LogP contribution in [0, 0.1) is 6.92 Å². The number of aryl methyl sites for hydroxylation is 1. The van der Waals surface area contributed by atoms with Crippen LogP contribution in [0.15, 0.2) is 61.1 Å². The Bertz CT molecular complexity index is 1190. The minimum Gasteiger partial charge on any atom is -0.375 e. The van der Waals surface area contributed by atoms with Crippen LogP contribution in [0.1, 0.15) is 49.7 Å². The van der Waals surface area contributed by atoms with E-state index in [0.717, 1.165) is 28.2 Å². The predicted octanol–water partition coefficient (Wildman–Crippen LogP) is 4.71. The molecule has 8 heteroatoms. The summed E-state index contributed by atoms with van der Waals surface area (Å²) in [5.41, 5.74) is 4.69. The van der Waals surface area contributed by atoms with Gasteiger partial charge in [0.25, 0.3) is 0 Å². The number of carbonyl (C=O) groups is 1. The number of rotatable bonds is 6. The molecule has 1 amide bonds. The smallest absolute Gasteiger partial charge is 0.250 e. The molecule has 34 heavy (non-hydrogen) atoms. The molecule has 4 rings (SSSR count). The first-order valence-electron chi connectivity index (χ1n) is 11.3. The second-order valence-corrected chi connectivity index (χ2v) is 9.89. The number of thiocarbonyl (C=S) groups is 1. The van der Waals surface area contributed by atoms with Gasteiger partial charge in [0.15, 0.2) is 5.11 Å². The molecule has 3 heterocycles. The van der Waals surface area contributed by atoms with E-state index in [0.29, 0.717) is 5.11 Å². The number of amides is 1. The van der Waals surface area contributed by atoms with Crippen LogP contribution in [-0.2, 0) is 15.1 Å². The normalized spacial score (nSPS) is 18.1. The average Bonchev–Trinajstić information content (AvgIpc) is 3.41. The molecular weight excluding hydrogens is 446 g/mol. The molecule has 0 unspecified atom stereocenters. The van der Waals surface area contributed by atoms with E-state index >= 15 is 0 Å². The van der Waals surface area contributed by atoms with Crippen molar-refractivity contribution in [1.29, 1.82) is 0 Å². The van der Waals surface area contributed by atoms with E-state index < -0.39 is 0 Å². The fraction of sp³-hybridized carbons (Fsp3) is 0.346. The monoisotopic (exact) mass is 477 g/mol. The molecule has 1 aliphatic heterocycles. The summed E-state index contributed by atoms with van der Waals surface area (Å²) in [7, 11) is 1.50. The third-order valence-electron chi connectivity index (χ3n) is 5.97. The maximum absolute atomic E-state index is 12.0. The van der Waals surface area contributed by atoms with Crippen molar-refractivity contribution in [3.63, 3.8) is 0 Å². The lowest BCUT2D eigenvalue weighted by molar-refractivity contribution is -0.119. The van der Waals surface area contributed by atoms with Crippen LogP contribution in [-0.4, -0.2) is 34.3 Å². The minimum absolute atomic E-state index is 0.0138. The van der Waals surface area contributed by atoms with Crippen molar-refractivity contribution in [2.45, 2.75) is 45.3 Å². The Labute approximate surface area is 206 Å². The third kappa shape index (κ3) is 4.83. The quantitative estimate of drug-likeness (QED) is 0.501. The van der Waals surface area contributed by atoms with Gasteiger partial charge in [-0.1, -0.05) is 6.07 Å². The van der Waals surface area contributed by atoms with Gasteiger partial charge in [0, 0.05) is 42.6 Å². The van der Waals surface area contributed by atoms with Gasteiger partial charge >= 0.3 is 0 Å². The van der Waals surface area contributed by atoms with Crippen LogP contribution < -0.4 is 15.5 Å². The van der Waals surface area contributed by atoms with Crippen LogP contribution >= 0.6 is 12.2 Å². The van der Waals surface area contributed by atoms with Crippen LogP contribution in [0.4, 0.5) is 11.4 Å². The Morgan fingerprint density at radius 3 is 2.65 bits per heavy atom. The number of benzene rings is 1. The van der Waals surface area contributed by atoms with Crippen molar-refractivity contribution in [3.05, 3.63) is 77.9 Å². The summed E-state index contributed by atoms with van der Waals surface area (Å²) >= 11 is 5.83. The van der Waals surface area contributed by atoms with Gasteiger partial charge in [-0.25, -0.2) is 0 Å². The SMILES string of the molecule is COCC(=O)Nc1ccc(N2C(=S)N[C@H](c3ccccn3)[C@H]2c2ccn(C(C)(C)C)c2)cc1C. The molecule has 0 aliphatic carbocycles. The standard InChI is InChI=1S/C26H31N5O2S/c1-17-14-19(9-10-20(17)28-22(32)16-33-5)31-24(18-11-13-30(15-18)26(2,3)4)23(29-25(31)34)21-8-6-7-12-27-21/h6-15,23-24H,16H2,1-5H3,(H,28,32)(H,29,34)/t23-,24-/m1/s1. The first-order chi connectivity index (χ1) is 16.2. The molecule has 1 saturated heterocycles. The lowest BCUT2D eigenvalue weighted by atomic mass is 9.98. The summed E-state index contributed by atoms with van der Waals surface area (Å²) < 4.78 is 7.14. The fourth-order valence-electron chi connectivity index (χ4n) is 4.23. The largest absolute Gasteiger partial charge is 0.375 e. The Morgan fingerprint density at radius 2 is 2.03 bits per heavy atom. The van der Waals surface area contributed by atoms with Crippen molar-refractivity contribution >= 4 is 34.6 Å². The summed E-state index contributed by atoms with van der Waals surface area (Å²) in [6.07, 6.45) is 6.11. The molecular formula is C26H31N5O2S. The second-order valence-electron chi connectivity index (χ2n) is 9.50. The lowest BCUT2D eigenvalue weighted by Gasteiger charge is -2.28. The van der Waals surface area contributed by atoms with Crippen LogP contribution in [0.5, 0.6) is 0 Å². The number of aromatic nitrogens is 2. The number of carbonyl (C=O) groups excluding carboxylic acids is 1. The maximum atomic E-state index is 12.0. The molecule has 1 fully saturated rings. The molecule has 2 N–H and O–H groups in total. The molecule has 1 aliphatic rings. The zero-order chi connectivity index (χ0) is 24.5. The third-order valence-corrected chi connectivity index (χ3v) is 6.28. The number of hydrogen-bond donors (Lipinski definition) is 2. The van der Waals surface area contributed by atoms with Crippen molar-refractivity contribution in [2.75, 3.05) is 23.9 Å². The van der Waals surface area contributed by atoms with E-state index in [1.54, 1.807) is 0 Å². The molecule has 2 aromatic heterocycles. The number of anilines is 2. The number of nitrogens with zero attached hydrogens (tertiary/aromatic N) is 3. The number of hydrogen-bond acceptors (Lipinski definition) is 4. The van der Waals surface area contributed by atoms with E-state index in [-0.39, 0.29) is 30.1 Å². The Hall–Kier alpha value is -3.23. The molecule has 0 saturated carbocycles. The van der Waals surface area contributed by atoms with Gasteiger partial charge in [0.2, 0.25) is 5.91 Å². The first-order valence-corrected chi connectivity index (χ1v) is 11.7. The Balaban J connectivity index is 1.74. The molecule has 0 radical (unpaired) electrons. The molecule has 0 bridgehead atoms. The van der Waals surface area contributed by atoms with E-state index in [9.17, 15) is 4.79 Å². The lowest BCUT2D eigenvalue weighted by Crippen LogP contribution is -2.29. The summed E-state index contributed by atoms with van der Waals surface area (Å²) in [5, 5.41) is 7.03. The highest BCUT2D eigenvalue weighted by molar-refractivity contribution is 7.80. The molecule has 3 aromatic rings. The second kappa shape index (κ2) is 9.56. The summed E-state index contributed by atoms with van der Waals surface area (Å²) in [4.78, 5) is 18.8. The number of nitrogens with one attached hydrogen (secondary N) is 2. The van der Waals surface area contributed by atoms with Gasteiger partial charge in [0.1, 0.15) is 6.61 Å². The average molecular weight is 478 g/mol. The first kappa shape index (κ1) is 23.9. The topological polar surface area (TPSA) is 71.4 Å². The molecule has 2 atom stereocenters. The summed E-state index contributed by atoms with van der Waals surface area (Å²) in [6, 6.07) is 13.8. The van der Waals surface area contributed by atoms with E-state index in [1.165, 1.54) is 7.11 Å². The predicted molar refractivity (Wildman–Crippen MR) is 139 cm³/mol. The van der Waals surface area contributed by atoms with Gasteiger partial charge < -0.3 is 24.8 Å². The fourth-order valence-corrected chi connectivity index (χ4v) is 4.58. The summed E-state index contributed by atoms with van der Waals surface area (Å²) in [5.74, 6) is -0.187. The van der Waals surface area contributed by atoms with Crippen molar-refractivity contribution < 1.29 is 9.53 Å². The van der Waals surface area contributed by atoms with Gasteiger partial charge in [-0.3, -0.25) is 9.78 Å². The van der Waals surface area contributed by atoms with Crippen molar-refractivity contribution in [3.8, 4) is 0 Å². The Morgan fingerprint density at radius 1 is 1.24 bits per heavy atom. The van der Waals surface area contributed by atoms with E-state index in [1.807, 2.05) is 49.5 Å². The van der Waals surface area contributed by atoms with Crippen LogP contribution in [0.2, 0.25) is 0 Å². The zero-order valence-corrected chi connectivity index (χ0v) is 21.0. The highest BCUT2D eigenvalue weighted by Gasteiger charge is 2.41. The van der Waals surface area contributed by atoms with Gasteiger partial charge in [-0.2, -0.15) is 0 Å². The van der Waals surface area contributed by atoms with E-state index in [2.05, 4.69) is 64.3 Å². The minimum atomic E-state index is -0.187. The highest BCUT2D eigenvalue weighted by Crippen LogP contribution is 2.42.